The van der Waals surface area contributed by atoms with Crippen molar-refractivity contribution in [2.24, 2.45) is 0 Å². The fraction of sp³-hybridized carbons (Fsp3) is 0.433. The summed E-state index contributed by atoms with van der Waals surface area (Å²) in [5.74, 6) is -1.66. The van der Waals surface area contributed by atoms with Gasteiger partial charge >= 0.3 is 12.1 Å². The Balaban J connectivity index is 0.000000617. The van der Waals surface area contributed by atoms with Crippen molar-refractivity contribution in [2.75, 3.05) is 25.0 Å². The van der Waals surface area contributed by atoms with E-state index in [1.165, 1.54) is 10.2 Å². The Morgan fingerprint density at radius 1 is 1.02 bits per heavy atom. The molecule has 0 unspecified atom stereocenters. The molecule has 4 aromatic rings. The largest absolute Gasteiger partial charge is 0.490 e. The molecule has 0 spiro atoms. The number of carboxylic acids is 1. The molecular weight excluding hydrogens is 607 g/mol. The minimum Gasteiger partial charge on any atom is -0.475 e. The average Bonchev–Trinajstić information content (AvgIpc) is 3.82. The second-order valence-corrected chi connectivity index (χ2v) is 10.8. The number of hydrogen-bond donors (Lipinski definition) is 4. The molecule has 46 heavy (non-hydrogen) atoms. The van der Waals surface area contributed by atoms with Crippen LogP contribution in [0.4, 0.5) is 19.1 Å². The Bertz CT molecular complexity index is 1620. The number of unbranched alkanes of at least 4 members (excludes halogenated alkanes) is 2. The summed E-state index contributed by atoms with van der Waals surface area (Å²) in [7, 11) is 1.65. The molecule has 3 heterocycles. The number of anilines is 1. The smallest absolute Gasteiger partial charge is 0.475 e. The van der Waals surface area contributed by atoms with E-state index in [2.05, 4.69) is 71.2 Å². The molecule has 0 radical (unpaired) electrons. The van der Waals surface area contributed by atoms with Crippen molar-refractivity contribution in [2.45, 2.75) is 63.7 Å². The summed E-state index contributed by atoms with van der Waals surface area (Å²) in [6.45, 7) is 1.81. The number of amides is 2. The van der Waals surface area contributed by atoms with Crippen molar-refractivity contribution in [3.8, 4) is 11.3 Å². The van der Waals surface area contributed by atoms with Crippen LogP contribution in [0.3, 0.4) is 0 Å². The highest BCUT2D eigenvalue weighted by atomic mass is 19.4. The predicted octanol–water partition coefficient (Wildman–Crippen LogP) is 4.00. The molecule has 1 aliphatic heterocycles. The zero-order chi connectivity index (χ0) is 33.1. The molecule has 246 valence electrons. The van der Waals surface area contributed by atoms with Gasteiger partial charge in [-0.1, -0.05) is 54.3 Å². The number of fused-ring (bicyclic) bond motifs is 1. The molecule has 1 fully saturated rings. The van der Waals surface area contributed by atoms with Gasteiger partial charge in [-0.05, 0) is 47.7 Å². The maximum atomic E-state index is 13.0. The van der Waals surface area contributed by atoms with Gasteiger partial charge in [0.2, 0.25) is 11.8 Å². The van der Waals surface area contributed by atoms with Crippen LogP contribution >= 0.6 is 0 Å². The number of aromatic nitrogens is 6. The molecule has 0 aliphatic carbocycles. The Kier molecular flexibility index (Phi) is 11.6. The topological polar surface area (TPSA) is 171 Å². The molecule has 5 rings (SSSR count). The normalized spacial score (nSPS) is 13.6. The van der Waals surface area contributed by atoms with E-state index in [1.807, 2.05) is 18.3 Å². The van der Waals surface area contributed by atoms with Gasteiger partial charge < -0.3 is 25.6 Å². The van der Waals surface area contributed by atoms with E-state index in [-0.39, 0.29) is 24.4 Å². The van der Waals surface area contributed by atoms with Crippen LogP contribution in [0.25, 0.3) is 22.0 Å². The number of hydrogen-bond acceptors (Lipinski definition) is 8. The number of nitrogens with zero attached hydrogens (tertiary/aromatic N) is 6. The lowest BCUT2D eigenvalue weighted by Gasteiger charge is -2.17. The third kappa shape index (κ3) is 9.74. The van der Waals surface area contributed by atoms with E-state index in [9.17, 15) is 22.8 Å². The van der Waals surface area contributed by atoms with Crippen LogP contribution in [0, 0.1) is 0 Å². The van der Waals surface area contributed by atoms with Crippen LogP contribution in [0.2, 0.25) is 0 Å². The molecule has 2 aromatic carbocycles. The first-order valence-electron chi connectivity index (χ1n) is 14.9. The molecule has 0 saturated carbocycles. The zero-order valence-electron chi connectivity index (χ0n) is 25.3. The lowest BCUT2D eigenvalue weighted by Crippen LogP contribution is -2.33. The van der Waals surface area contributed by atoms with Crippen LogP contribution in [0.5, 0.6) is 0 Å². The molecule has 1 saturated heterocycles. The Morgan fingerprint density at radius 2 is 1.74 bits per heavy atom. The molecule has 2 aromatic heterocycles. The number of imidazole rings is 1. The summed E-state index contributed by atoms with van der Waals surface area (Å²) < 4.78 is 31.7. The maximum Gasteiger partial charge on any atom is 0.490 e. The number of alkyl halides is 3. The minimum atomic E-state index is -5.08. The van der Waals surface area contributed by atoms with E-state index in [0.29, 0.717) is 24.6 Å². The van der Waals surface area contributed by atoms with E-state index in [4.69, 9.17) is 9.90 Å². The highest BCUT2D eigenvalue weighted by Crippen LogP contribution is 2.26. The van der Waals surface area contributed by atoms with Crippen molar-refractivity contribution in [1.29, 1.82) is 0 Å². The number of aliphatic carboxylic acids is 1. The first-order chi connectivity index (χ1) is 22.0. The van der Waals surface area contributed by atoms with E-state index in [1.54, 1.807) is 7.05 Å². The van der Waals surface area contributed by atoms with E-state index >= 15 is 0 Å². The Labute approximate surface area is 262 Å². The predicted molar refractivity (Wildman–Crippen MR) is 163 cm³/mol. The minimum absolute atomic E-state index is 0.0216. The van der Waals surface area contributed by atoms with Gasteiger partial charge in [0.25, 0.3) is 5.95 Å². The average molecular weight is 644 g/mol. The number of carbonyl (C=O) groups excluding carboxylic acids is 2. The number of halogens is 3. The number of carbonyl (C=O) groups is 3. The third-order valence-electron chi connectivity index (χ3n) is 7.36. The highest BCUT2D eigenvalue weighted by Gasteiger charge is 2.38. The molecule has 1 atom stereocenters. The maximum absolute atomic E-state index is 13.0. The van der Waals surface area contributed by atoms with Gasteiger partial charge in [-0.3, -0.25) is 9.59 Å². The van der Waals surface area contributed by atoms with Gasteiger partial charge in [0, 0.05) is 32.1 Å². The van der Waals surface area contributed by atoms with Gasteiger partial charge in [-0.2, -0.15) is 18.0 Å². The monoisotopic (exact) mass is 643 g/mol. The number of benzene rings is 2. The number of aromatic amines is 1. The second kappa shape index (κ2) is 15.8. The number of nitrogens with one attached hydrogen (secondary N) is 3. The fourth-order valence-corrected chi connectivity index (χ4v) is 4.94. The zero-order valence-corrected chi connectivity index (χ0v) is 25.3. The quantitative estimate of drug-likeness (QED) is 0.167. The molecule has 13 nitrogen and oxygen atoms in total. The molecular formula is C30H36F3N9O4. The molecule has 0 bridgehead atoms. The summed E-state index contributed by atoms with van der Waals surface area (Å²) in [5.41, 5.74) is 1.92. The lowest BCUT2D eigenvalue weighted by molar-refractivity contribution is -0.192. The molecule has 16 heteroatoms. The first kappa shape index (κ1) is 33.9. The van der Waals surface area contributed by atoms with Gasteiger partial charge in [-0.25, -0.2) is 9.78 Å². The number of H-pyrrole nitrogens is 1. The number of carboxylic acid groups (broad SMARTS) is 1. The number of tetrazole rings is 1. The van der Waals surface area contributed by atoms with E-state index in [0.717, 1.165) is 61.8 Å². The molecule has 1 aliphatic rings. The van der Waals surface area contributed by atoms with Crippen LogP contribution < -0.4 is 15.5 Å². The number of rotatable bonds is 12. The third-order valence-corrected chi connectivity index (χ3v) is 7.36. The van der Waals surface area contributed by atoms with Crippen molar-refractivity contribution >= 4 is 34.5 Å². The standard InChI is InChI=1S/C28H35N9O2.C2HF3O2/c1-29-25(38)12-4-2-3-11-23(31-26(39)19-37-34-28(33-35-37)36-15-7-8-16-36)27-30-18-24(32-27)22-14-13-20-9-5-6-10-21(20)17-22;3-2(4,5)1(6)7/h5-6,9-10,13-14,17-18,23H,2-4,7-8,11-12,15-16,19H2,1H3,(H,29,38)(H,30,32)(H,31,39);(H,6,7)/t23-;/m0./s1. The summed E-state index contributed by atoms with van der Waals surface area (Å²) in [4.78, 5) is 45.0. The van der Waals surface area contributed by atoms with Gasteiger partial charge in [-0.15, -0.1) is 5.10 Å². The van der Waals surface area contributed by atoms with Crippen LogP contribution in [0.15, 0.2) is 48.7 Å². The van der Waals surface area contributed by atoms with E-state index < -0.39 is 12.1 Å². The van der Waals surface area contributed by atoms with Crippen LogP contribution in [-0.4, -0.2) is 79.4 Å². The summed E-state index contributed by atoms with van der Waals surface area (Å²) in [5, 5.41) is 27.8. The Hall–Kier alpha value is -5.02. The summed E-state index contributed by atoms with van der Waals surface area (Å²) >= 11 is 0. The molecule has 4 N–H and O–H groups in total. The van der Waals surface area contributed by atoms with Gasteiger partial charge in [0.15, 0.2) is 0 Å². The van der Waals surface area contributed by atoms with Gasteiger partial charge in [0.1, 0.15) is 12.4 Å². The van der Waals surface area contributed by atoms with Gasteiger partial charge in [0.05, 0.1) is 17.9 Å². The highest BCUT2D eigenvalue weighted by molar-refractivity contribution is 5.86. The van der Waals surface area contributed by atoms with Crippen molar-refractivity contribution < 1.29 is 32.7 Å². The molecule has 2 amide bonds. The lowest BCUT2D eigenvalue weighted by atomic mass is 10.1. The Morgan fingerprint density at radius 3 is 2.43 bits per heavy atom. The fourth-order valence-electron chi connectivity index (χ4n) is 4.94. The summed E-state index contributed by atoms with van der Waals surface area (Å²) in [6, 6.07) is 14.2. The first-order valence-corrected chi connectivity index (χ1v) is 14.9. The second-order valence-electron chi connectivity index (χ2n) is 10.8. The van der Waals surface area contributed by atoms with Crippen molar-refractivity contribution in [3.05, 3.63) is 54.5 Å². The van der Waals surface area contributed by atoms with Crippen molar-refractivity contribution in [1.82, 2.24) is 40.8 Å². The van der Waals surface area contributed by atoms with Crippen molar-refractivity contribution in [3.63, 3.8) is 0 Å². The SMILES string of the molecule is CNC(=O)CCCCC[C@H](NC(=O)Cn1nnc(N2CCCC2)n1)c1ncc(-c2ccc3ccccc3c2)[nH]1.O=C(O)C(F)(F)F. The van der Waals surface area contributed by atoms with Crippen LogP contribution in [0.1, 0.15) is 56.8 Å². The summed E-state index contributed by atoms with van der Waals surface area (Å²) in [6.07, 6.45) is 2.66. The van der Waals surface area contributed by atoms with Crippen LogP contribution in [-0.2, 0) is 20.9 Å².